The molecule has 2 N–H and O–H groups in total. The highest BCUT2D eigenvalue weighted by molar-refractivity contribution is 7.98. The number of anilines is 2. The minimum absolute atomic E-state index is 0.210. The van der Waals surface area contributed by atoms with Crippen LogP contribution in [0.1, 0.15) is 0 Å². The van der Waals surface area contributed by atoms with Crippen LogP contribution in [-0.2, 0) is 0 Å². The van der Waals surface area contributed by atoms with Gasteiger partial charge in [0.25, 0.3) is 0 Å². The van der Waals surface area contributed by atoms with Crippen LogP contribution in [0.2, 0.25) is 0 Å². The van der Waals surface area contributed by atoms with Crippen LogP contribution in [0.5, 0.6) is 0 Å². The Bertz CT molecular complexity index is 922. The molecule has 3 aromatic rings. The Morgan fingerprint density at radius 1 is 0.792 bits per heavy atom. The standard InChI is InChI=1S/C20H16N2OS/c1-24-14-11-16(13-7-3-2-4-8-13)19-15-9-5-6-10-17(15)21-20(23)22-18(19)12-14/h2-12H,1H3,(H2,21,22,23). The average molecular weight is 332 g/mol. The highest BCUT2D eigenvalue weighted by Crippen LogP contribution is 2.44. The zero-order chi connectivity index (χ0) is 16.5. The molecule has 0 aliphatic carbocycles. The molecule has 118 valence electrons. The molecule has 24 heavy (non-hydrogen) atoms. The van der Waals surface area contributed by atoms with E-state index in [1.54, 1.807) is 11.8 Å². The van der Waals surface area contributed by atoms with Gasteiger partial charge in [-0.2, -0.15) is 0 Å². The molecule has 0 spiro atoms. The molecule has 0 atom stereocenters. The van der Waals surface area contributed by atoms with Crippen molar-refractivity contribution in [3.05, 3.63) is 66.7 Å². The smallest absolute Gasteiger partial charge is 0.307 e. The van der Waals surface area contributed by atoms with E-state index in [9.17, 15) is 4.79 Å². The number of carbonyl (C=O) groups excluding carboxylic acids is 1. The lowest BCUT2D eigenvalue weighted by atomic mass is 9.92. The van der Waals surface area contributed by atoms with Gasteiger partial charge in [-0.3, -0.25) is 0 Å². The molecule has 4 heteroatoms. The Morgan fingerprint density at radius 2 is 1.50 bits per heavy atom. The molecule has 0 bridgehead atoms. The maximum absolute atomic E-state index is 12.2. The van der Waals surface area contributed by atoms with E-state index in [1.165, 1.54) is 0 Å². The number of rotatable bonds is 2. The number of amides is 2. The number of hydrogen-bond acceptors (Lipinski definition) is 2. The first-order chi connectivity index (χ1) is 11.8. The van der Waals surface area contributed by atoms with Crippen LogP contribution in [0, 0.1) is 0 Å². The molecule has 3 nitrogen and oxygen atoms in total. The summed E-state index contributed by atoms with van der Waals surface area (Å²) in [5.74, 6) is 0. The molecule has 0 aromatic heterocycles. The number of para-hydroxylation sites is 1. The molecule has 0 unspecified atom stereocenters. The summed E-state index contributed by atoms with van der Waals surface area (Å²) in [5, 5.41) is 5.92. The second-order valence-corrected chi connectivity index (χ2v) is 6.47. The Kier molecular flexibility index (Phi) is 3.75. The van der Waals surface area contributed by atoms with Crippen molar-refractivity contribution >= 4 is 29.2 Å². The predicted molar refractivity (Wildman–Crippen MR) is 102 cm³/mol. The van der Waals surface area contributed by atoms with Gasteiger partial charge in [-0.15, -0.1) is 11.8 Å². The Labute approximate surface area is 145 Å². The summed E-state index contributed by atoms with van der Waals surface area (Å²) in [6.45, 7) is 0. The van der Waals surface area contributed by atoms with Crippen molar-refractivity contribution in [1.29, 1.82) is 0 Å². The fourth-order valence-electron chi connectivity index (χ4n) is 3.05. The molecular weight excluding hydrogens is 316 g/mol. The fraction of sp³-hybridized carbons (Fsp3) is 0.0500. The van der Waals surface area contributed by atoms with E-state index in [2.05, 4.69) is 28.8 Å². The Balaban J connectivity index is 2.07. The van der Waals surface area contributed by atoms with Crippen molar-refractivity contribution < 1.29 is 4.79 Å². The lowest BCUT2D eigenvalue weighted by molar-refractivity contribution is 0.262. The van der Waals surface area contributed by atoms with Gasteiger partial charge in [-0.05, 0) is 35.6 Å². The molecule has 0 saturated carbocycles. The summed E-state index contributed by atoms with van der Waals surface area (Å²) in [7, 11) is 0. The molecule has 4 rings (SSSR count). The largest absolute Gasteiger partial charge is 0.323 e. The third-order valence-electron chi connectivity index (χ3n) is 4.13. The Morgan fingerprint density at radius 3 is 2.29 bits per heavy atom. The van der Waals surface area contributed by atoms with E-state index >= 15 is 0 Å². The normalized spacial score (nSPS) is 12.5. The average Bonchev–Trinajstić information content (AvgIpc) is 2.76. The van der Waals surface area contributed by atoms with Gasteiger partial charge < -0.3 is 10.6 Å². The number of carbonyl (C=O) groups is 1. The zero-order valence-electron chi connectivity index (χ0n) is 13.2. The number of benzene rings is 3. The molecule has 2 amide bonds. The summed E-state index contributed by atoms with van der Waals surface area (Å²) in [5.41, 5.74) is 5.99. The second kappa shape index (κ2) is 6.06. The summed E-state index contributed by atoms with van der Waals surface area (Å²) >= 11 is 1.67. The number of urea groups is 1. The number of nitrogens with one attached hydrogen (secondary N) is 2. The summed E-state index contributed by atoms with van der Waals surface area (Å²) < 4.78 is 0. The molecule has 0 radical (unpaired) electrons. The van der Waals surface area contributed by atoms with Crippen molar-refractivity contribution in [3.63, 3.8) is 0 Å². The number of thioether (sulfide) groups is 1. The first-order valence-corrected chi connectivity index (χ1v) is 8.93. The Hall–Kier alpha value is -2.72. The van der Waals surface area contributed by atoms with Gasteiger partial charge in [0.1, 0.15) is 0 Å². The monoisotopic (exact) mass is 332 g/mol. The highest BCUT2D eigenvalue weighted by Gasteiger charge is 2.22. The van der Waals surface area contributed by atoms with Crippen LogP contribution in [0.15, 0.2) is 71.6 Å². The number of hydrogen-bond donors (Lipinski definition) is 2. The van der Waals surface area contributed by atoms with Crippen molar-refractivity contribution in [2.45, 2.75) is 4.90 Å². The van der Waals surface area contributed by atoms with E-state index in [-0.39, 0.29) is 6.03 Å². The maximum atomic E-state index is 12.2. The van der Waals surface area contributed by atoms with E-state index < -0.39 is 0 Å². The minimum Gasteiger partial charge on any atom is -0.307 e. The lowest BCUT2D eigenvalue weighted by Crippen LogP contribution is -2.17. The van der Waals surface area contributed by atoms with Gasteiger partial charge in [-0.25, -0.2) is 4.79 Å². The SMILES string of the molecule is CSc1cc2c(c(-c3ccccc3)c1)-c1ccccc1NC(=O)N2. The molecule has 0 saturated heterocycles. The first kappa shape index (κ1) is 14.8. The zero-order valence-corrected chi connectivity index (χ0v) is 14.0. The van der Waals surface area contributed by atoms with Gasteiger partial charge in [0, 0.05) is 16.0 Å². The third-order valence-corrected chi connectivity index (χ3v) is 4.83. The molecule has 1 aliphatic rings. The van der Waals surface area contributed by atoms with Crippen LogP contribution in [0.4, 0.5) is 16.2 Å². The van der Waals surface area contributed by atoms with Crippen molar-refractivity contribution in [1.82, 2.24) is 0 Å². The molecular formula is C20H16N2OS. The van der Waals surface area contributed by atoms with Gasteiger partial charge >= 0.3 is 6.03 Å². The quantitative estimate of drug-likeness (QED) is 0.591. The summed E-state index contributed by atoms with van der Waals surface area (Å²) in [6.07, 6.45) is 2.04. The van der Waals surface area contributed by atoms with Crippen LogP contribution in [0.3, 0.4) is 0 Å². The predicted octanol–water partition coefficient (Wildman–Crippen LogP) is 5.70. The van der Waals surface area contributed by atoms with Crippen LogP contribution >= 0.6 is 11.8 Å². The van der Waals surface area contributed by atoms with Crippen LogP contribution < -0.4 is 10.6 Å². The topological polar surface area (TPSA) is 41.1 Å². The van der Waals surface area contributed by atoms with E-state index in [1.807, 2.05) is 54.8 Å². The third kappa shape index (κ3) is 2.55. The minimum atomic E-state index is -0.210. The van der Waals surface area contributed by atoms with Gasteiger partial charge in [0.2, 0.25) is 0 Å². The summed E-state index contributed by atoms with van der Waals surface area (Å²) in [6, 6.07) is 22.2. The van der Waals surface area contributed by atoms with E-state index in [4.69, 9.17) is 0 Å². The van der Waals surface area contributed by atoms with Gasteiger partial charge in [-0.1, -0.05) is 48.5 Å². The van der Waals surface area contributed by atoms with Crippen molar-refractivity contribution in [2.75, 3.05) is 16.9 Å². The second-order valence-electron chi connectivity index (χ2n) is 5.59. The number of fused-ring (bicyclic) bond motifs is 3. The van der Waals surface area contributed by atoms with Crippen molar-refractivity contribution in [3.8, 4) is 22.3 Å². The van der Waals surface area contributed by atoms with Gasteiger partial charge in [0.15, 0.2) is 0 Å². The maximum Gasteiger partial charge on any atom is 0.323 e. The fourth-order valence-corrected chi connectivity index (χ4v) is 3.52. The molecule has 1 aliphatic heterocycles. The van der Waals surface area contributed by atoms with Crippen LogP contribution in [-0.4, -0.2) is 12.3 Å². The lowest BCUT2D eigenvalue weighted by Gasteiger charge is -2.16. The molecule has 3 aromatic carbocycles. The van der Waals surface area contributed by atoms with E-state index in [0.29, 0.717) is 0 Å². The summed E-state index contributed by atoms with van der Waals surface area (Å²) in [4.78, 5) is 13.3. The molecule has 0 fully saturated rings. The van der Waals surface area contributed by atoms with E-state index in [0.717, 1.165) is 38.5 Å². The van der Waals surface area contributed by atoms with Gasteiger partial charge in [0.05, 0.1) is 11.4 Å². The van der Waals surface area contributed by atoms with Crippen LogP contribution in [0.25, 0.3) is 22.3 Å². The highest BCUT2D eigenvalue weighted by atomic mass is 32.2. The first-order valence-electron chi connectivity index (χ1n) is 7.71. The van der Waals surface area contributed by atoms with Crippen molar-refractivity contribution in [2.24, 2.45) is 0 Å². The molecule has 1 heterocycles.